The average molecular weight is 386 g/mol. The summed E-state index contributed by atoms with van der Waals surface area (Å²) in [5.74, 6) is -1.89. The summed E-state index contributed by atoms with van der Waals surface area (Å²) >= 11 is 1.35. The van der Waals surface area contributed by atoms with E-state index in [0.717, 1.165) is 6.07 Å². The van der Waals surface area contributed by atoms with E-state index in [1.165, 1.54) is 34.2 Å². The lowest BCUT2D eigenvalue weighted by Crippen LogP contribution is -2.16. The van der Waals surface area contributed by atoms with E-state index in [9.17, 15) is 24.8 Å². The molecule has 3 aromatic rings. The Hall–Kier alpha value is -3.53. The zero-order valence-electron chi connectivity index (χ0n) is 14.1. The number of rotatable bonds is 6. The Bertz CT molecular complexity index is 1030. The van der Waals surface area contributed by atoms with Crippen LogP contribution in [0.15, 0.2) is 41.8 Å². The van der Waals surface area contributed by atoms with Crippen LogP contribution in [-0.2, 0) is 6.54 Å². The van der Waals surface area contributed by atoms with E-state index < -0.39 is 16.8 Å². The van der Waals surface area contributed by atoms with Crippen LogP contribution in [0.1, 0.15) is 27.8 Å². The highest BCUT2D eigenvalue weighted by Gasteiger charge is 2.26. The van der Waals surface area contributed by atoms with Crippen LogP contribution in [0.5, 0.6) is 0 Å². The second-order valence-corrected chi connectivity index (χ2v) is 6.38. The number of aromatic carboxylic acids is 1. The van der Waals surface area contributed by atoms with Gasteiger partial charge in [-0.25, -0.2) is 4.79 Å². The van der Waals surface area contributed by atoms with Gasteiger partial charge >= 0.3 is 5.97 Å². The first-order chi connectivity index (χ1) is 12.9. The molecule has 2 N–H and O–H groups in total. The van der Waals surface area contributed by atoms with E-state index in [4.69, 9.17) is 0 Å². The minimum absolute atomic E-state index is 0.0434. The first-order valence-corrected chi connectivity index (χ1v) is 8.74. The fourth-order valence-electron chi connectivity index (χ4n) is 2.56. The maximum absolute atomic E-state index is 12.6. The minimum Gasteiger partial charge on any atom is -0.476 e. The molecule has 3 rings (SSSR count). The van der Waals surface area contributed by atoms with Crippen LogP contribution >= 0.6 is 11.3 Å². The van der Waals surface area contributed by atoms with Gasteiger partial charge in [0.2, 0.25) is 0 Å². The molecule has 0 radical (unpaired) electrons. The number of nitro benzene ring substituents is 1. The van der Waals surface area contributed by atoms with Crippen molar-refractivity contribution in [1.82, 2.24) is 9.78 Å². The highest BCUT2D eigenvalue weighted by atomic mass is 32.1. The minimum atomic E-state index is -1.23. The molecular formula is C17H14N4O5S. The molecule has 0 aliphatic heterocycles. The zero-order chi connectivity index (χ0) is 19.6. The molecule has 2 aromatic heterocycles. The van der Waals surface area contributed by atoms with Crippen LogP contribution in [0.4, 0.5) is 11.4 Å². The van der Waals surface area contributed by atoms with E-state index in [2.05, 4.69) is 10.4 Å². The molecule has 0 spiro atoms. The lowest BCUT2D eigenvalue weighted by molar-refractivity contribution is -0.384. The Labute approximate surface area is 157 Å². The number of nitrogens with zero attached hydrogens (tertiary/aromatic N) is 3. The summed E-state index contributed by atoms with van der Waals surface area (Å²) in [5.41, 5.74) is 0.0526. The number of aryl methyl sites for hydroxylation is 1. The molecule has 0 aliphatic rings. The topological polar surface area (TPSA) is 127 Å². The molecule has 1 aromatic carbocycles. The lowest BCUT2D eigenvalue weighted by Gasteiger charge is -2.07. The van der Waals surface area contributed by atoms with Gasteiger partial charge in [-0.3, -0.25) is 19.6 Å². The molecule has 0 fully saturated rings. The normalized spacial score (nSPS) is 10.6. The molecule has 0 saturated carbocycles. The van der Waals surface area contributed by atoms with E-state index in [-0.39, 0.29) is 22.6 Å². The molecule has 0 saturated heterocycles. The van der Waals surface area contributed by atoms with Gasteiger partial charge in [-0.15, -0.1) is 11.3 Å². The third kappa shape index (κ3) is 3.55. The highest BCUT2D eigenvalue weighted by Crippen LogP contribution is 2.34. The van der Waals surface area contributed by atoms with E-state index in [1.807, 2.05) is 5.38 Å². The van der Waals surface area contributed by atoms with Crippen molar-refractivity contribution in [3.63, 3.8) is 0 Å². The maximum Gasteiger partial charge on any atom is 0.356 e. The van der Waals surface area contributed by atoms with Crippen molar-refractivity contribution in [2.45, 2.75) is 13.5 Å². The van der Waals surface area contributed by atoms with Crippen molar-refractivity contribution in [3.8, 4) is 10.6 Å². The number of benzene rings is 1. The first kappa shape index (κ1) is 18.3. The summed E-state index contributed by atoms with van der Waals surface area (Å²) in [6, 6.07) is 8.76. The number of nitro groups is 1. The zero-order valence-corrected chi connectivity index (χ0v) is 14.9. The predicted molar refractivity (Wildman–Crippen MR) is 99.2 cm³/mol. The third-order valence-electron chi connectivity index (χ3n) is 3.77. The SMILES string of the molecule is CCn1nc(-c2cccs2)c(NC(=O)c2cccc([N+](=O)[O-])c2)c1C(=O)O. The fraction of sp³-hybridized carbons (Fsp3) is 0.118. The van der Waals surface area contributed by atoms with Crippen molar-refractivity contribution in [3.05, 3.63) is 63.1 Å². The van der Waals surface area contributed by atoms with E-state index in [0.29, 0.717) is 17.1 Å². The molecule has 0 aliphatic carbocycles. The number of amides is 1. The van der Waals surface area contributed by atoms with Crippen molar-refractivity contribution in [2.24, 2.45) is 0 Å². The van der Waals surface area contributed by atoms with Crippen LogP contribution in [0.25, 0.3) is 10.6 Å². The Morgan fingerprint density at radius 3 is 2.70 bits per heavy atom. The van der Waals surface area contributed by atoms with Crippen LogP contribution in [0.3, 0.4) is 0 Å². The molecule has 2 heterocycles. The second kappa shape index (κ2) is 7.38. The second-order valence-electron chi connectivity index (χ2n) is 5.43. The number of anilines is 1. The van der Waals surface area contributed by atoms with Gasteiger partial charge in [-0.2, -0.15) is 5.10 Å². The number of non-ortho nitro benzene ring substituents is 1. The van der Waals surface area contributed by atoms with Gasteiger partial charge < -0.3 is 10.4 Å². The molecule has 0 unspecified atom stereocenters. The van der Waals surface area contributed by atoms with Gasteiger partial charge in [0.1, 0.15) is 11.4 Å². The monoisotopic (exact) mass is 386 g/mol. The van der Waals surface area contributed by atoms with Gasteiger partial charge in [0.25, 0.3) is 11.6 Å². The largest absolute Gasteiger partial charge is 0.476 e. The quantitative estimate of drug-likeness (QED) is 0.493. The van der Waals surface area contributed by atoms with Crippen molar-refractivity contribution < 1.29 is 19.6 Å². The number of hydrogen-bond donors (Lipinski definition) is 2. The standard InChI is InChI=1S/C17H14N4O5S/c1-2-20-15(17(23)24)14(13(19-20)12-7-4-8-27-12)18-16(22)10-5-3-6-11(9-10)21(25)26/h3-9H,2H2,1H3,(H,18,22)(H,23,24). The van der Waals surface area contributed by atoms with Crippen LogP contribution < -0.4 is 5.32 Å². The number of carbonyl (C=O) groups excluding carboxylic acids is 1. The molecule has 10 heteroatoms. The number of nitrogens with one attached hydrogen (secondary N) is 1. The smallest absolute Gasteiger partial charge is 0.356 e. The van der Waals surface area contributed by atoms with Gasteiger partial charge in [-0.05, 0) is 24.4 Å². The summed E-state index contributed by atoms with van der Waals surface area (Å²) in [7, 11) is 0. The predicted octanol–water partition coefficient (Wildman–Crippen LogP) is 3.49. The Kier molecular flexibility index (Phi) is 4.99. The summed E-state index contributed by atoms with van der Waals surface area (Å²) in [4.78, 5) is 35.4. The number of carboxylic acid groups (broad SMARTS) is 1. The van der Waals surface area contributed by atoms with Gasteiger partial charge in [0, 0.05) is 24.2 Å². The molecule has 138 valence electrons. The number of thiophene rings is 1. The third-order valence-corrected chi connectivity index (χ3v) is 4.64. The summed E-state index contributed by atoms with van der Waals surface area (Å²) in [5, 5.41) is 29.2. The van der Waals surface area contributed by atoms with Crippen LogP contribution in [-0.4, -0.2) is 31.7 Å². The average Bonchev–Trinajstić information content (AvgIpc) is 3.29. The fourth-order valence-corrected chi connectivity index (χ4v) is 3.27. The molecule has 0 bridgehead atoms. The molecular weight excluding hydrogens is 372 g/mol. The van der Waals surface area contributed by atoms with E-state index >= 15 is 0 Å². The number of carboxylic acids is 1. The Balaban J connectivity index is 2.06. The Morgan fingerprint density at radius 2 is 2.11 bits per heavy atom. The van der Waals surface area contributed by atoms with Crippen LogP contribution in [0.2, 0.25) is 0 Å². The van der Waals surface area contributed by atoms with Crippen molar-refractivity contribution >= 4 is 34.6 Å². The van der Waals surface area contributed by atoms with Gasteiger partial charge in [0.15, 0.2) is 5.69 Å². The molecule has 27 heavy (non-hydrogen) atoms. The van der Waals surface area contributed by atoms with E-state index in [1.54, 1.807) is 19.1 Å². The van der Waals surface area contributed by atoms with Crippen molar-refractivity contribution in [2.75, 3.05) is 5.32 Å². The maximum atomic E-state index is 12.6. The molecule has 0 atom stereocenters. The van der Waals surface area contributed by atoms with Crippen LogP contribution in [0, 0.1) is 10.1 Å². The van der Waals surface area contributed by atoms with Gasteiger partial charge in [0.05, 0.1) is 9.80 Å². The summed E-state index contributed by atoms with van der Waals surface area (Å²) < 4.78 is 1.29. The summed E-state index contributed by atoms with van der Waals surface area (Å²) in [6.45, 7) is 2.04. The number of carbonyl (C=O) groups is 2. The molecule has 9 nitrogen and oxygen atoms in total. The molecule has 1 amide bonds. The highest BCUT2D eigenvalue weighted by molar-refractivity contribution is 7.13. The van der Waals surface area contributed by atoms with Gasteiger partial charge in [-0.1, -0.05) is 12.1 Å². The van der Waals surface area contributed by atoms with Crippen molar-refractivity contribution in [1.29, 1.82) is 0 Å². The number of aromatic nitrogens is 2. The lowest BCUT2D eigenvalue weighted by atomic mass is 10.1. The number of hydrogen-bond acceptors (Lipinski definition) is 6. The summed E-state index contributed by atoms with van der Waals surface area (Å²) in [6.07, 6.45) is 0. The first-order valence-electron chi connectivity index (χ1n) is 7.86. The Morgan fingerprint density at radius 1 is 1.33 bits per heavy atom.